The van der Waals surface area contributed by atoms with E-state index in [4.69, 9.17) is 0 Å². The van der Waals surface area contributed by atoms with Crippen molar-refractivity contribution in [2.24, 2.45) is 0 Å². The lowest BCUT2D eigenvalue weighted by Gasteiger charge is -2.26. The average molecular weight is 440 g/mol. The molecule has 0 fully saturated rings. The third-order valence-electron chi connectivity index (χ3n) is 5.66. The number of H-pyrrole nitrogens is 1. The Morgan fingerprint density at radius 3 is 2.68 bits per heavy atom. The number of para-hydroxylation sites is 1. The number of carbonyl (C=O) groups is 2. The minimum atomic E-state index is -3.27. The van der Waals surface area contributed by atoms with Gasteiger partial charge in [-0.3, -0.25) is 9.59 Å². The molecule has 1 aliphatic rings. The molecule has 31 heavy (non-hydrogen) atoms. The topological polar surface area (TPSA) is 99.3 Å². The molecule has 2 heterocycles. The second kappa shape index (κ2) is 8.55. The molecule has 8 heteroatoms. The maximum atomic E-state index is 13.0. The second-order valence-corrected chi connectivity index (χ2v) is 10.2. The van der Waals surface area contributed by atoms with Gasteiger partial charge in [-0.25, -0.2) is 8.42 Å². The Morgan fingerprint density at radius 1 is 1.16 bits per heavy atom. The molecular formula is C23H25N3O4S. The first-order valence-electron chi connectivity index (χ1n) is 10.2. The molecule has 162 valence electrons. The average Bonchev–Trinajstić information content (AvgIpc) is 3.29. The number of benzene rings is 2. The molecule has 0 saturated heterocycles. The van der Waals surface area contributed by atoms with Gasteiger partial charge in [-0.15, -0.1) is 0 Å². The summed E-state index contributed by atoms with van der Waals surface area (Å²) >= 11 is 0. The highest BCUT2D eigenvalue weighted by Gasteiger charge is 2.36. The van der Waals surface area contributed by atoms with Crippen LogP contribution in [0.3, 0.4) is 0 Å². The summed E-state index contributed by atoms with van der Waals surface area (Å²) in [6.45, 7) is 0.699. The molecule has 3 aromatic rings. The number of carbonyl (C=O) groups excluding carboxylic acids is 2. The van der Waals surface area contributed by atoms with E-state index in [1.807, 2.05) is 42.6 Å². The molecule has 2 amide bonds. The van der Waals surface area contributed by atoms with Crippen LogP contribution in [0.25, 0.3) is 10.9 Å². The van der Waals surface area contributed by atoms with E-state index in [0.29, 0.717) is 25.1 Å². The molecule has 0 radical (unpaired) electrons. The Hall–Kier alpha value is -3.13. The molecule has 0 spiro atoms. The van der Waals surface area contributed by atoms with Crippen LogP contribution in [0, 0.1) is 0 Å². The van der Waals surface area contributed by atoms with Crippen molar-refractivity contribution in [3.8, 4) is 0 Å². The Morgan fingerprint density at radius 2 is 1.90 bits per heavy atom. The van der Waals surface area contributed by atoms with Crippen LogP contribution in [0.2, 0.25) is 0 Å². The van der Waals surface area contributed by atoms with E-state index in [1.54, 1.807) is 12.1 Å². The minimum absolute atomic E-state index is 0.0669. The van der Waals surface area contributed by atoms with Gasteiger partial charge in [-0.1, -0.05) is 36.4 Å². The molecule has 0 aliphatic carbocycles. The summed E-state index contributed by atoms with van der Waals surface area (Å²) in [6.07, 6.45) is 3.76. The quantitative estimate of drug-likeness (QED) is 0.562. The summed E-state index contributed by atoms with van der Waals surface area (Å²) in [5.41, 5.74) is 3.55. The minimum Gasteiger partial charge on any atom is -0.361 e. The maximum Gasteiger partial charge on any atom is 0.255 e. The number of amides is 2. The molecule has 2 aromatic carbocycles. The van der Waals surface area contributed by atoms with Crippen LogP contribution in [0.5, 0.6) is 0 Å². The fourth-order valence-corrected chi connectivity index (χ4v) is 4.71. The Balaban J connectivity index is 1.46. The SMILES string of the molecule is CS(=O)(=O)CC[C@H](C(=O)NCCc1c[nH]c2ccccc12)N1Cc2ccccc2C1=O. The molecule has 2 N–H and O–H groups in total. The van der Waals surface area contributed by atoms with Gasteiger partial charge < -0.3 is 15.2 Å². The van der Waals surface area contributed by atoms with Gasteiger partial charge in [0, 0.05) is 42.0 Å². The largest absolute Gasteiger partial charge is 0.361 e. The number of aromatic nitrogens is 1. The van der Waals surface area contributed by atoms with Crippen molar-refractivity contribution in [1.82, 2.24) is 15.2 Å². The summed E-state index contributed by atoms with van der Waals surface area (Å²) in [5, 5.41) is 4.01. The zero-order valence-corrected chi connectivity index (χ0v) is 18.1. The smallest absolute Gasteiger partial charge is 0.255 e. The van der Waals surface area contributed by atoms with Crippen molar-refractivity contribution in [2.75, 3.05) is 18.6 Å². The lowest BCUT2D eigenvalue weighted by atomic mass is 10.1. The predicted octanol–water partition coefficient (Wildman–Crippen LogP) is 2.29. The summed E-state index contributed by atoms with van der Waals surface area (Å²) in [4.78, 5) is 30.6. The van der Waals surface area contributed by atoms with Crippen molar-refractivity contribution in [3.05, 3.63) is 71.4 Å². The monoisotopic (exact) mass is 439 g/mol. The van der Waals surface area contributed by atoms with Gasteiger partial charge in [0.25, 0.3) is 5.91 Å². The van der Waals surface area contributed by atoms with Crippen LogP contribution in [0.1, 0.15) is 27.9 Å². The summed E-state index contributed by atoms with van der Waals surface area (Å²) in [6, 6.07) is 14.3. The second-order valence-electron chi connectivity index (χ2n) is 7.93. The zero-order valence-electron chi connectivity index (χ0n) is 17.3. The molecule has 1 aromatic heterocycles. The number of hydrogen-bond donors (Lipinski definition) is 2. The van der Waals surface area contributed by atoms with Gasteiger partial charge in [0.15, 0.2) is 0 Å². The lowest BCUT2D eigenvalue weighted by Crippen LogP contribution is -2.48. The highest BCUT2D eigenvalue weighted by Crippen LogP contribution is 2.26. The van der Waals surface area contributed by atoms with Gasteiger partial charge in [0.1, 0.15) is 15.9 Å². The van der Waals surface area contributed by atoms with Crippen LogP contribution in [-0.2, 0) is 27.6 Å². The van der Waals surface area contributed by atoms with E-state index in [0.717, 1.165) is 28.3 Å². The van der Waals surface area contributed by atoms with Gasteiger partial charge in [-0.05, 0) is 36.1 Å². The summed E-state index contributed by atoms with van der Waals surface area (Å²) in [7, 11) is -3.27. The van der Waals surface area contributed by atoms with Crippen molar-refractivity contribution >= 4 is 32.6 Å². The van der Waals surface area contributed by atoms with Crippen molar-refractivity contribution in [2.45, 2.75) is 25.4 Å². The first kappa shape index (κ1) is 21.1. The van der Waals surface area contributed by atoms with E-state index in [1.165, 1.54) is 4.90 Å². The fourth-order valence-electron chi connectivity index (χ4n) is 4.06. The highest BCUT2D eigenvalue weighted by molar-refractivity contribution is 7.90. The Kier molecular flexibility index (Phi) is 5.82. The number of aromatic amines is 1. The van der Waals surface area contributed by atoms with Crippen LogP contribution >= 0.6 is 0 Å². The lowest BCUT2D eigenvalue weighted by molar-refractivity contribution is -0.125. The number of sulfone groups is 1. The molecule has 7 nitrogen and oxygen atoms in total. The number of nitrogens with zero attached hydrogens (tertiary/aromatic N) is 1. The molecule has 0 bridgehead atoms. The van der Waals surface area contributed by atoms with Gasteiger partial charge in [0.05, 0.1) is 5.75 Å². The third-order valence-corrected chi connectivity index (χ3v) is 6.64. The van der Waals surface area contributed by atoms with Crippen molar-refractivity contribution < 1.29 is 18.0 Å². The van der Waals surface area contributed by atoms with Gasteiger partial charge in [-0.2, -0.15) is 0 Å². The predicted molar refractivity (Wildman–Crippen MR) is 119 cm³/mol. The molecule has 0 saturated carbocycles. The van der Waals surface area contributed by atoms with Crippen molar-refractivity contribution in [3.63, 3.8) is 0 Å². The fraction of sp³-hybridized carbons (Fsp3) is 0.304. The van der Waals surface area contributed by atoms with E-state index < -0.39 is 15.9 Å². The summed E-state index contributed by atoms with van der Waals surface area (Å²) < 4.78 is 23.5. The first-order valence-corrected chi connectivity index (χ1v) is 12.3. The van der Waals surface area contributed by atoms with Crippen LogP contribution in [0.15, 0.2) is 54.7 Å². The van der Waals surface area contributed by atoms with E-state index in [9.17, 15) is 18.0 Å². The van der Waals surface area contributed by atoms with E-state index >= 15 is 0 Å². The molecule has 0 unspecified atom stereocenters. The number of hydrogen-bond acceptors (Lipinski definition) is 4. The number of nitrogens with one attached hydrogen (secondary N) is 2. The molecule has 1 atom stereocenters. The Bertz CT molecular complexity index is 1230. The maximum absolute atomic E-state index is 13.0. The van der Waals surface area contributed by atoms with Gasteiger partial charge >= 0.3 is 0 Å². The molecule has 1 aliphatic heterocycles. The van der Waals surface area contributed by atoms with Crippen LogP contribution in [0.4, 0.5) is 0 Å². The highest BCUT2D eigenvalue weighted by atomic mass is 32.2. The zero-order chi connectivity index (χ0) is 22.0. The number of rotatable bonds is 8. The first-order chi connectivity index (χ1) is 14.8. The van der Waals surface area contributed by atoms with E-state index in [-0.39, 0.29) is 24.0 Å². The van der Waals surface area contributed by atoms with Crippen molar-refractivity contribution in [1.29, 1.82) is 0 Å². The third kappa shape index (κ3) is 4.64. The molecular weight excluding hydrogens is 414 g/mol. The van der Waals surface area contributed by atoms with Crippen LogP contribution < -0.4 is 5.32 Å². The van der Waals surface area contributed by atoms with Gasteiger partial charge in [0.2, 0.25) is 5.91 Å². The van der Waals surface area contributed by atoms with Crippen LogP contribution in [-0.4, -0.2) is 54.7 Å². The normalized spacial score (nSPS) is 14.6. The number of fused-ring (bicyclic) bond motifs is 2. The molecule has 4 rings (SSSR count). The van der Waals surface area contributed by atoms with E-state index in [2.05, 4.69) is 10.3 Å². The summed E-state index contributed by atoms with van der Waals surface area (Å²) in [5.74, 6) is -0.723. The standard InChI is InChI=1S/C23H25N3O4S/c1-31(29,30)13-11-21(26-15-17-6-2-3-8-19(17)23(26)28)22(27)24-12-10-16-14-25-20-9-5-4-7-18(16)20/h2-9,14,21,25H,10-13,15H2,1H3,(H,24,27)/t21-/m1/s1. The Labute approximate surface area is 181 Å².